The minimum absolute atomic E-state index is 0.00128. The second kappa shape index (κ2) is 7.54. The second-order valence-electron chi connectivity index (χ2n) is 6.24. The number of carbonyl (C=O) groups is 1. The summed E-state index contributed by atoms with van der Waals surface area (Å²) < 4.78 is 1.67. The summed E-state index contributed by atoms with van der Waals surface area (Å²) in [6.07, 6.45) is 5.02. The number of hydrogen-bond donors (Lipinski definition) is 1. The number of halogens is 2. The second-order valence-corrected chi connectivity index (χ2v) is 7.08. The van der Waals surface area contributed by atoms with Crippen molar-refractivity contribution in [2.75, 3.05) is 18.0 Å². The molecule has 0 aliphatic carbocycles. The third kappa shape index (κ3) is 3.89. The highest BCUT2D eigenvalue weighted by molar-refractivity contribution is 6.35. The SMILES string of the molecule is O=C(NCc1ccc(Cl)cc1Cl)C1CN(c2cc(-n3cccn3)ncn2)C1. The van der Waals surface area contributed by atoms with E-state index in [1.807, 2.05) is 29.3 Å². The number of hydrogen-bond acceptors (Lipinski definition) is 5. The molecule has 1 aliphatic heterocycles. The molecule has 0 saturated carbocycles. The number of anilines is 1. The van der Waals surface area contributed by atoms with Gasteiger partial charge in [0, 0.05) is 48.1 Å². The first kappa shape index (κ1) is 17.8. The van der Waals surface area contributed by atoms with Gasteiger partial charge >= 0.3 is 0 Å². The number of nitrogens with one attached hydrogen (secondary N) is 1. The van der Waals surface area contributed by atoms with E-state index in [0.29, 0.717) is 35.5 Å². The molecule has 27 heavy (non-hydrogen) atoms. The van der Waals surface area contributed by atoms with Crippen molar-refractivity contribution in [1.29, 1.82) is 0 Å². The topological polar surface area (TPSA) is 75.9 Å². The van der Waals surface area contributed by atoms with Gasteiger partial charge in [0.2, 0.25) is 5.91 Å². The Hall–Kier alpha value is -2.64. The van der Waals surface area contributed by atoms with Crippen molar-refractivity contribution in [1.82, 2.24) is 25.1 Å². The third-order valence-electron chi connectivity index (χ3n) is 4.42. The van der Waals surface area contributed by atoms with Crippen LogP contribution in [0.5, 0.6) is 0 Å². The lowest BCUT2D eigenvalue weighted by Gasteiger charge is -2.39. The molecule has 2 aromatic heterocycles. The molecule has 9 heteroatoms. The highest BCUT2D eigenvalue weighted by Gasteiger charge is 2.33. The Bertz CT molecular complexity index is 956. The normalized spacial score (nSPS) is 14.1. The average molecular weight is 403 g/mol. The predicted octanol–water partition coefficient (Wildman–Crippen LogP) is 2.72. The van der Waals surface area contributed by atoms with E-state index in [0.717, 1.165) is 11.4 Å². The summed E-state index contributed by atoms with van der Waals surface area (Å²) in [6.45, 7) is 1.59. The molecule has 1 aromatic carbocycles. The van der Waals surface area contributed by atoms with Crippen molar-refractivity contribution in [2.45, 2.75) is 6.54 Å². The summed E-state index contributed by atoms with van der Waals surface area (Å²) in [7, 11) is 0. The maximum absolute atomic E-state index is 12.4. The molecule has 4 rings (SSSR count). The van der Waals surface area contributed by atoms with Crippen LogP contribution in [-0.4, -0.2) is 38.7 Å². The molecule has 0 spiro atoms. The predicted molar refractivity (Wildman–Crippen MR) is 103 cm³/mol. The van der Waals surface area contributed by atoms with E-state index in [9.17, 15) is 4.79 Å². The molecule has 3 aromatic rings. The van der Waals surface area contributed by atoms with Crippen molar-refractivity contribution in [3.05, 3.63) is 64.7 Å². The summed E-state index contributed by atoms with van der Waals surface area (Å²) in [5.74, 6) is 1.38. The zero-order valence-corrected chi connectivity index (χ0v) is 15.7. The Labute approximate surface area is 165 Å². The van der Waals surface area contributed by atoms with Crippen molar-refractivity contribution in [3.8, 4) is 5.82 Å². The van der Waals surface area contributed by atoms with Gasteiger partial charge in [-0.1, -0.05) is 29.3 Å². The van der Waals surface area contributed by atoms with Crippen LogP contribution in [0.4, 0.5) is 5.82 Å². The molecule has 1 amide bonds. The van der Waals surface area contributed by atoms with Gasteiger partial charge < -0.3 is 10.2 Å². The summed E-state index contributed by atoms with van der Waals surface area (Å²) in [6, 6.07) is 8.93. The minimum atomic E-state index is -0.0841. The molecule has 0 bridgehead atoms. The van der Waals surface area contributed by atoms with Crippen molar-refractivity contribution >= 4 is 34.9 Å². The summed E-state index contributed by atoms with van der Waals surface area (Å²) >= 11 is 12.0. The van der Waals surface area contributed by atoms with Gasteiger partial charge in [-0.2, -0.15) is 5.10 Å². The maximum Gasteiger partial charge on any atom is 0.226 e. The first-order valence-corrected chi connectivity index (χ1v) is 9.14. The van der Waals surface area contributed by atoms with Gasteiger partial charge in [-0.05, 0) is 23.8 Å². The molecule has 3 heterocycles. The van der Waals surface area contributed by atoms with Crippen molar-refractivity contribution in [2.24, 2.45) is 5.92 Å². The number of aromatic nitrogens is 4. The van der Waals surface area contributed by atoms with E-state index in [2.05, 4.69) is 20.4 Å². The van der Waals surface area contributed by atoms with Gasteiger partial charge in [0.25, 0.3) is 0 Å². The molecule has 0 radical (unpaired) electrons. The molecule has 1 saturated heterocycles. The van der Waals surface area contributed by atoms with Crippen LogP contribution in [0.1, 0.15) is 5.56 Å². The Morgan fingerprint density at radius 3 is 2.74 bits per heavy atom. The molecule has 138 valence electrons. The number of rotatable bonds is 5. The van der Waals surface area contributed by atoms with Crippen LogP contribution in [-0.2, 0) is 11.3 Å². The minimum Gasteiger partial charge on any atom is -0.355 e. The Kier molecular flexibility index (Phi) is 4.96. The molecule has 1 fully saturated rings. The molecule has 7 nitrogen and oxygen atoms in total. The highest BCUT2D eigenvalue weighted by atomic mass is 35.5. The van der Waals surface area contributed by atoms with E-state index in [-0.39, 0.29) is 11.8 Å². The third-order valence-corrected chi connectivity index (χ3v) is 5.01. The molecule has 0 unspecified atom stereocenters. The van der Waals surface area contributed by atoms with Gasteiger partial charge in [-0.25, -0.2) is 14.6 Å². The zero-order chi connectivity index (χ0) is 18.8. The smallest absolute Gasteiger partial charge is 0.226 e. The largest absolute Gasteiger partial charge is 0.355 e. The van der Waals surface area contributed by atoms with Crippen LogP contribution in [0.15, 0.2) is 49.1 Å². The molecular weight excluding hydrogens is 387 g/mol. The zero-order valence-electron chi connectivity index (χ0n) is 14.2. The van der Waals surface area contributed by atoms with Gasteiger partial charge in [0.15, 0.2) is 5.82 Å². The lowest BCUT2D eigenvalue weighted by atomic mass is 9.99. The molecular formula is C18H16Cl2N6O. The quantitative estimate of drug-likeness (QED) is 0.709. The highest BCUT2D eigenvalue weighted by Crippen LogP contribution is 2.24. The molecule has 1 N–H and O–H groups in total. The van der Waals surface area contributed by atoms with Crippen LogP contribution >= 0.6 is 23.2 Å². The van der Waals surface area contributed by atoms with Crippen LogP contribution in [0.3, 0.4) is 0 Å². The summed E-state index contributed by atoms with van der Waals surface area (Å²) in [5.41, 5.74) is 0.838. The molecule has 0 atom stereocenters. The lowest BCUT2D eigenvalue weighted by Crippen LogP contribution is -2.54. The van der Waals surface area contributed by atoms with Crippen molar-refractivity contribution < 1.29 is 4.79 Å². The molecule has 1 aliphatic rings. The van der Waals surface area contributed by atoms with Gasteiger partial charge in [-0.15, -0.1) is 0 Å². The van der Waals surface area contributed by atoms with Gasteiger partial charge in [0.05, 0.1) is 5.92 Å². The van der Waals surface area contributed by atoms with Gasteiger partial charge in [-0.3, -0.25) is 4.79 Å². The Balaban J connectivity index is 1.33. The number of benzene rings is 1. The lowest BCUT2D eigenvalue weighted by molar-refractivity contribution is -0.125. The van der Waals surface area contributed by atoms with Crippen LogP contribution in [0.2, 0.25) is 10.0 Å². The average Bonchev–Trinajstić information content (AvgIpc) is 3.15. The van der Waals surface area contributed by atoms with E-state index in [1.54, 1.807) is 23.0 Å². The standard InChI is InChI=1S/C18H16Cl2N6O/c19-14-3-2-12(15(20)6-14)8-21-18(27)13-9-25(10-13)16-7-17(23-11-22-16)26-5-1-4-24-26/h1-7,11,13H,8-10H2,(H,21,27). The fraction of sp³-hybridized carbons (Fsp3) is 0.222. The number of carbonyl (C=O) groups excluding carboxylic acids is 1. The van der Waals surface area contributed by atoms with Crippen LogP contribution < -0.4 is 10.2 Å². The summed E-state index contributed by atoms with van der Waals surface area (Å²) in [4.78, 5) is 22.9. The monoisotopic (exact) mass is 402 g/mol. The van der Waals surface area contributed by atoms with Crippen molar-refractivity contribution in [3.63, 3.8) is 0 Å². The van der Waals surface area contributed by atoms with E-state index < -0.39 is 0 Å². The van der Waals surface area contributed by atoms with E-state index in [1.165, 1.54) is 6.33 Å². The Morgan fingerprint density at radius 1 is 1.19 bits per heavy atom. The maximum atomic E-state index is 12.4. The van der Waals surface area contributed by atoms with Crippen LogP contribution in [0.25, 0.3) is 5.82 Å². The number of amides is 1. The Morgan fingerprint density at radius 2 is 2.00 bits per heavy atom. The fourth-order valence-electron chi connectivity index (χ4n) is 2.86. The first-order chi connectivity index (χ1) is 13.1. The van der Waals surface area contributed by atoms with E-state index >= 15 is 0 Å². The van der Waals surface area contributed by atoms with E-state index in [4.69, 9.17) is 23.2 Å². The summed E-state index contributed by atoms with van der Waals surface area (Å²) in [5, 5.41) is 8.21. The van der Waals surface area contributed by atoms with Crippen LogP contribution in [0, 0.1) is 5.92 Å². The fourth-order valence-corrected chi connectivity index (χ4v) is 3.34. The first-order valence-electron chi connectivity index (χ1n) is 8.39. The van der Waals surface area contributed by atoms with Gasteiger partial charge in [0.1, 0.15) is 12.1 Å². The number of nitrogens with zero attached hydrogens (tertiary/aromatic N) is 5.